The number of nitrogens with zero attached hydrogens (tertiary/aromatic N) is 4. The summed E-state index contributed by atoms with van der Waals surface area (Å²) in [5, 5.41) is 21.6. The number of hydrogen-bond donors (Lipinski definition) is 2. The highest BCUT2D eigenvalue weighted by Gasteiger charge is 2.34. The van der Waals surface area contributed by atoms with Crippen LogP contribution in [0.4, 0.5) is 0 Å². The van der Waals surface area contributed by atoms with Crippen molar-refractivity contribution in [2.24, 2.45) is 0 Å². The van der Waals surface area contributed by atoms with Gasteiger partial charge in [0.25, 0.3) is 0 Å². The molecule has 0 radical (unpaired) electrons. The van der Waals surface area contributed by atoms with Crippen molar-refractivity contribution in [3.63, 3.8) is 0 Å². The average molecular weight is 393 g/mol. The van der Waals surface area contributed by atoms with Gasteiger partial charge in [0.15, 0.2) is 0 Å². The van der Waals surface area contributed by atoms with E-state index in [2.05, 4.69) is 25.2 Å². The minimum Gasteiger partial charge on any atom is -0.388 e. The Morgan fingerprint density at radius 3 is 2.61 bits per heavy atom. The molecular weight excluding hydrogens is 362 g/mol. The van der Waals surface area contributed by atoms with E-state index in [9.17, 15) is 14.7 Å². The first-order valence-electron chi connectivity index (χ1n) is 10.1. The predicted molar refractivity (Wildman–Crippen MR) is 101 cm³/mol. The van der Waals surface area contributed by atoms with Gasteiger partial charge in [-0.2, -0.15) is 0 Å². The minimum atomic E-state index is -0.777. The lowest BCUT2D eigenvalue weighted by Crippen LogP contribution is -2.50. The minimum absolute atomic E-state index is 0.000767. The van der Waals surface area contributed by atoms with E-state index in [1.54, 1.807) is 13.8 Å². The van der Waals surface area contributed by atoms with Crippen molar-refractivity contribution in [1.29, 1.82) is 0 Å². The van der Waals surface area contributed by atoms with E-state index in [0.29, 0.717) is 43.9 Å². The number of amides is 2. The quantitative estimate of drug-likeness (QED) is 0.738. The third kappa shape index (κ3) is 5.51. The van der Waals surface area contributed by atoms with Crippen LogP contribution in [-0.4, -0.2) is 81.4 Å². The van der Waals surface area contributed by atoms with Gasteiger partial charge in [-0.15, -0.1) is 0 Å². The molecule has 2 aliphatic heterocycles. The van der Waals surface area contributed by atoms with E-state index in [1.807, 2.05) is 4.90 Å². The van der Waals surface area contributed by atoms with Crippen molar-refractivity contribution in [1.82, 2.24) is 25.4 Å². The van der Waals surface area contributed by atoms with Gasteiger partial charge in [0.2, 0.25) is 11.8 Å². The van der Waals surface area contributed by atoms with Crippen molar-refractivity contribution in [3.05, 3.63) is 11.4 Å². The zero-order valence-electron chi connectivity index (χ0n) is 16.8. The van der Waals surface area contributed by atoms with Crippen molar-refractivity contribution >= 4 is 11.8 Å². The van der Waals surface area contributed by atoms with Gasteiger partial charge in [-0.1, -0.05) is 10.3 Å². The number of nitrogens with one attached hydrogen (secondary N) is 1. The Bertz CT molecular complexity index is 686. The Labute approximate surface area is 165 Å². The van der Waals surface area contributed by atoms with Crippen LogP contribution < -0.4 is 5.32 Å². The van der Waals surface area contributed by atoms with Gasteiger partial charge in [0, 0.05) is 45.7 Å². The lowest BCUT2D eigenvalue weighted by molar-refractivity contribution is -0.130. The Hall–Kier alpha value is -2.00. The van der Waals surface area contributed by atoms with Crippen LogP contribution in [0.25, 0.3) is 0 Å². The molecule has 0 spiro atoms. The van der Waals surface area contributed by atoms with Crippen LogP contribution in [-0.2, 0) is 16.0 Å². The molecule has 2 N–H and O–H groups in total. The molecule has 0 aromatic carbocycles. The van der Waals surface area contributed by atoms with Gasteiger partial charge >= 0.3 is 0 Å². The third-order valence-corrected chi connectivity index (χ3v) is 5.85. The molecule has 28 heavy (non-hydrogen) atoms. The molecule has 1 aromatic heterocycles. The number of aliphatic hydroxyl groups is 1. The van der Waals surface area contributed by atoms with E-state index >= 15 is 0 Å². The lowest BCUT2D eigenvalue weighted by Gasteiger charge is -2.38. The summed E-state index contributed by atoms with van der Waals surface area (Å²) >= 11 is 0. The van der Waals surface area contributed by atoms with Crippen LogP contribution in [0.15, 0.2) is 4.63 Å². The maximum atomic E-state index is 12.6. The van der Waals surface area contributed by atoms with E-state index in [4.69, 9.17) is 0 Å². The van der Waals surface area contributed by atoms with Crippen molar-refractivity contribution < 1.29 is 19.3 Å². The van der Waals surface area contributed by atoms with Gasteiger partial charge in [0.05, 0.1) is 12.0 Å². The molecule has 2 fully saturated rings. The second-order valence-electron chi connectivity index (χ2n) is 8.18. The molecule has 1 aromatic rings. The number of rotatable bonds is 5. The number of β-amino-alcohol motifs (C(OH)–C–C–N with tert-alkyl or cyclic N) is 1. The van der Waals surface area contributed by atoms with E-state index in [1.165, 1.54) is 0 Å². The van der Waals surface area contributed by atoms with Crippen LogP contribution in [0.1, 0.15) is 50.4 Å². The van der Waals surface area contributed by atoms with Crippen LogP contribution in [0.5, 0.6) is 0 Å². The molecule has 3 heterocycles. The monoisotopic (exact) mass is 393 g/mol. The molecule has 9 heteroatoms. The standard InChI is InChI=1S/C19H31N5O4/c1-14-17(22-28-21-14)12-18(26)24-8-3-6-19(27,7-11-24)13-23-9-4-16(5-10-23)20-15(2)25/h16,27H,3-13H2,1-2H3,(H,20,25). The molecule has 1 atom stereocenters. The SMILES string of the molecule is CC(=O)NC1CCN(CC2(O)CCCN(C(=O)Cc3nonc3C)CC2)CC1. The summed E-state index contributed by atoms with van der Waals surface area (Å²) in [6, 6.07) is 0.236. The predicted octanol–water partition coefficient (Wildman–Crippen LogP) is 0.265. The molecule has 3 rings (SSSR count). The lowest BCUT2D eigenvalue weighted by atomic mass is 9.93. The van der Waals surface area contributed by atoms with Crippen LogP contribution >= 0.6 is 0 Å². The molecule has 9 nitrogen and oxygen atoms in total. The fourth-order valence-electron chi connectivity index (χ4n) is 4.19. The molecule has 2 aliphatic rings. The molecule has 1 unspecified atom stereocenters. The van der Waals surface area contributed by atoms with Gasteiger partial charge < -0.3 is 20.2 Å². The zero-order valence-corrected chi connectivity index (χ0v) is 16.8. The highest BCUT2D eigenvalue weighted by Crippen LogP contribution is 2.25. The summed E-state index contributed by atoms with van der Waals surface area (Å²) in [6.45, 7) is 6.87. The first-order valence-corrected chi connectivity index (χ1v) is 10.1. The smallest absolute Gasteiger partial charge is 0.228 e. The summed E-state index contributed by atoms with van der Waals surface area (Å²) in [6.07, 6.45) is 4.04. The summed E-state index contributed by atoms with van der Waals surface area (Å²) in [7, 11) is 0. The Kier molecular flexibility index (Phi) is 6.66. The summed E-state index contributed by atoms with van der Waals surface area (Å²) in [5.74, 6) is 0.0152. The number of aryl methyl sites for hydroxylation is 1. The Morgan fingerprint density at radius 2 is 1.96 bits per heavy atom. The molecule has 2 amide bonds. The normalized spacial score (nSPS) is 24.8. The Morgan fingerprint density at radius 1 is 1.21 bits per heavy atom. The first-order chi connectivity index (χ1) is 13.3. The number of likely N-dealkylation sites (tertiary alicyclic amines) is 2. The van der Waals surface area contributed by atoms with Gasteiger partial charge in [-0.05, 0) is 39.0 Å². The van der Waals surface area contributed by atoms with Crippen LogP contribution in [0, 0.1) is 6.92 Å². The van der Waals surface area contributed by atoms with Crippen LogP contribution in [0.2, 0.25) is 0 Å². The second-order valence-corrected chi connectivity index (χ2v) is 8.18. The summed E-state index contributed by atoms with van der Waals surface area (Å²) in [4.78, 5) is 27.9. The molecular formula is C19H31N5O4. The van der Waals surface area contributed by atoms with Gasteiger partial charge in [-0.25, -0.2) is 4.63 Å². The number of aromatic nitrogens is 2. The van der Waals surface area contributed by atoms with Gasteiger partial charge in [0.1, 0.15) is 11.4 Å². The molecule has 0 saturated carbocycles. The number of hydrogen-bond acceptors (Lipinski definition) is 7. The maximum Gasteiger partial charge on any atom is 0.228 e. The zero-order chi connectivity index (χ0) is 20.1. The number of carbonyl (C=O) groups is 2. The van der Waals surface area contributed by atoms with E-state index in [-0.39, 0.29) is 24.3 Å². The summed E-state index contributed by atoms with van der Waals surface area (Å²) in [5.41, 5.74) is 0.440. The van der Waals surface area contributed by atoms with E-state index in [0.717, 1.165) is 32.4 Å². The molecule has 0 bridgehead atoms. The molecule has 156 valence electrons. The number of piperidine rings is 1. The average Bonchev–Trinajstić information content (AvgIpc) is 2.93. The third-order valence-electron chi connectivity index (χ3n) is 5.85. The van der Waals surface area contributed by atoms with Crippen molar-refractivity contribution in [3.8, 4) is 0 Å². The Balaban J connectivity index is 1.48. The van der Waals surface area contributed by atoms with Gasteiger partial charge in [-0.3, -0.25) is 9.59 Å². The molecule has 0 aliphatic carbocycles. The summed E-state index contributed by atoms with van der Waals surface area (Å²) < 4.78 is 4.67. The van der Waals surface area contributed by atoms with E-state index < -0.39 is 5.60 Å². The highest BCUT2D eigenvalue weighted by atomic mass is 16.6. The van der Waals surface area contributed by atoms with Crippen molar-refractivity contribution in [2.45, 2.75) is 64.0 Å². The highest BCUT2D eigenvalue weighted by molar-refractivity contribution is 5.78. The second kappa shape index (κ2) is 9.00. The topological polar surface area (TPSA) is 112 Å². The molecule has 2 saturated heterocycles. The van der Waals surface area contributed by atoms with Crippen LogP contribution in [0.3, 0.4) is 0 Å². The fourth-order valence-corrected chi connectivity index (χ4v) is 4.19. The maximum absolute atomic E-state index is 12.6. The largest absolute Gasteiger partial charge is 0.388 e. The first kappa shape index (κ1) is 20.7. The van der Waals surface area contributed by atoms with Crippen molar-refractivity contribution in [2.75, 3.05) is 32.7 Å². The fraction of sp³-hybridized carbons (Fsp3) is 0.789. The number of carbonyl (C=O) groups excluding carboxylic acids is 2.